The van der Waals surface area contributed by atoms with E-state index in [0.717, 1.165) is 10.6 Å². The van der Waals surface area contributed by atoms with E-state index in [9.17, 15) is 27.8 Å². The summed E-state index contributed by atoms with van der Waals surface area (Å²) >= 11 is 0. The average molecular weight is 518 g/mol. The summed E-state index contributed by atoms with van der Waals surface area (Å²) in [6.07, 6.45) is 0.860. The maximum absolute atomic E-state index is 13.5. The predicted molar refractivity (Wildman–Crippen MR) is 130 cm³/mol. The van der Waals surface area contributed by atoms with E-state index in [2.05, 4.69) is 9.97 Å². The summed E-state index contributed by atoms with van der Waals surface area (Å²) in [7, 11) is -2.33. The predicted octanol–water partition coefficient (Wildman–Crippen LogP) is 2.82. The number of anilines is 1. The van der Waals surface area contributed by atoms with E-state index in [1.54, 1.807) is 0 Å². The van der Waals surface area contributed by atoms with E-state index in [-0.39, 0.29) is 30.7 Å². The number of aliphatic hydroxyl groups is 2. The molecule has 0 fully saturated rings. The van der Waals surface area contributed by atoms with E-state index >= 15 is 0 Å². The van der Waals surface area contributed by atoms with Crippen molar-refractivity contribution in [2.24, 2.45) is 0 Å². The molecule has 1 heterocycles. The molecule has 0 spiro atoms. The van der Waals surface area contributed by atoms with Crippen LogP contribution in [0.5, 0.6) is 0 Å². The molecule has 2 aromatic rings. The number of nitrogens with zero attached hydrogens (tertiary/aromatic N) is 3. The molecule has 0 aliphatic carbocycles. The lowest BCUT2D eigenvalue weighted by Crippen LogP contribution is -2.27. The minimum absolute atomic E-state index is 0. The number of hydrogen-bond acceptors (Lipinski definition) is 7. The fraction of sp³-hybridized carbons (Fsp3) is 0.409. The number of carbonyl (C=O) groups is 1. The number of benzene rings is 1. The molecule has 0 bridgehead atoms. The standard InChI is InChI=1S/C22H28FN3O6S.ClH/c1-13(2)20-18(10-9-16(27)11-17(28)12-19(29)30)21(14-5-7-15(23)8-6-14)25-22(24-20)26(3)33(4,31)32;/h5-10,13,16-17,27-28H,11-12H2,1-4H3,(H,29,30);1H/b10-9+;/t16-,17-;/m1./s1. The Kier molecular flexibility index (Phi) is 10.6. The highest BCUT2D eigenvalue weighted by Gasteiger charge is 2.22. The topological polar surface area (TPSA) is 141 Å². The molecule has 0 saturated carbocycles. The average Bonchev–Trinajstić information content (AvgIpc) is 2.70. The van der Waals surface area contributed by atoms with E-state index in [4.69, 9.17) is 5.11 Å². The summed E-state index contributed by atoms with van der Waals surface area (Å²) in [5.41, 5.74) is 1.80. The van der Waals surface area contributed by atoms with Crippen molar-refractivity contribution >= 4 is 40.4 Å². The molecular weight excluding hydrogens is 489 g/mol. The summed E-state index contributed by atoms with van der Waals surface area (Å²) in [5.74, 6) is -1.87. The number of aliphatic hydroxyl groups excluding tert-OH is 2. The summed E-state index contributed by atoms with van der Waals surface area (Å²) in [6, 6.07) is 5.49. The Morgan fingerprint density at radius 2 is 1.76 bits per heavy atom. The Morgan fingerprint density at radius 1 is 1.18 bits per heavy atom. The molecule has 3 N–H and O–H groups in total. The quantitative estimate of drug-likeness (QED) is 0.437. The number of carboxylic acid groups (broad SMARTS) is 1. The van der Waals surface area contributed by atoms with Crippen LogP contribution in [0.3, 0.4) is 0 Å². The molecule has 188 valence electrons. The van der Waals surface area contributed by atoms with Gasteiger partial charge in [-0.25, -0.2) is 27.1 Å². The SMILES string of the molecule is CC(C)c1nc(N(C)S(C)(=O)=O)nc(-c2ccc(F)cc2)c1/C=C/[C@@H](O)C[C@@H](O)CC(=O)O.Cl. The maximum atomic E-state index is 13.5. The van der Waals surface area contributed by atoms with Crippen LogP contribution in [0.25, 0.3) is 17.3 Å². The molecule has 1 aromatic heterocycles. The second-order valence-electron chi connectivity index (χ2n) is 7.98. The largest absolute Gasteiger partial charge is 0.481 e. The molecule has 0 saturated heterocycles. The van der Waals surface area contributed by atoms with E-state index < -0.39 is 40.4 Å². The van der Waals surface area contributed by atoms with Gasteiger partial charge < -0.3 is 15.3 Å². The van der Waals surface area contributed by atoms with Crippen LogP contribution in [0.4, 0.5) is 10.3 Å². The van der Waals surface area contributed by atoms with Crippen LogP contribution < -0.4 is 4.31 Å². The molecule has 2 rings (SSSR count). The fourth-order valence-electron chi connectivity index (χ4n) is 3.05. The minimum atomic E-state index is -3.65. The fourth-order valence-corrected chi connectivity index (χ4v) is 3.42. The lowest BCUT2D eigenvalue weighted by atomic mass is 9.97. The van der Waals surface area contributed by atoms with Crippen LogP contribution in [0.1, 0.15) is 43.9 Å². The molecule has 1 aromatic carbocycles. The monoisotopic (exact) mass is 517 g/mol. The highest BCUT2D eigenvalue weighted by Crippen LogP contribution is 2.31. The van der Waals surface area contributed by atoms with Gasteiger partial charge in [-0.2, -0.15) is 0 Å². The van der Waals surface area contributed by atoms with Crippen molar-refractivity contribution in [3.8, 4) is 11.3 Å². The van der Waals surface area contributed by atoms with E-state index in [1.165, 1.54) is 43.5 Å². The number of halogens is 2. The van der Waals surface area contributed by atoms with Crippen molar-refractivity contribution in [1.29, 1.82) is 0 Å². The van der Waals surface area contributed by atoms with Crippen molar-refractivity contribution in [3.05, 3.63) is 47.4 Å². The van der Waals surface area contributed by atoms with Crippen molar-refractivity contribution in [1.82, 2.24) is 9.97 Å². The molecule has 12 heteroatoms. The summed E-state index contributed by atoms with van der Waals surface area (Å²) in [5, 5.41) is 28.8. The Morgan fingerprint density at radius 3 is 2.26 bits per heavy atom. The molecule has 34 heavy (non-hydrogen) atoms. The second kappa shape index (κ2) is 12.2. The smallest absolute Gasteiger partial charge is 0.305 e. The van der Waals surface area contributed by atoms with Gasteiger partial charge in [0.05, 0.1) is 36.3 Å². The number of sulfonamides is 1. The first-order chi connectivity index (χ1) is 15.3. The van der Waals surface area contributed by atoms with E-state index in [0.29, 0.717) is 22.5 Å². The third-order valence-electron chi connectivity index (χ3n) is 4.82. The van der Waals surface area contributed by atoms with Gasteiger partial charge in [0.2, 0.25) is 16.0 Å². The van der Waals surface area contributed by atoms with Gasteiger partial charge >= 0.3 is 5.97 Å². The molecule has 0 aliphatic rings. The highest BCUT2D eigenvalue weighted by molar-refractivity contribution is 7.92. The van der Waals surface area contributed by atoms with Crippen LogP contribution in [-0.4, -0.2) is 65.2 Å². The Bertz CT molecular complexity index is 1130. The van der Waals surface area contributed by atoms with Crippen molar-refractivity contribution in [3.63, 3.8) is 0 Å². The zero-order valence-electron chi connectivity index (χ0n) is 19.2. The highest BCUT2D eigenvalue weighted by atomic mass is 35.5. The van der Waals surface area contributed by atoms with Gasteiger partial charge in [0.25, 0.3) is 0 Å². The van der Waals surface area contributed by atoms with Gasteiger partial charge in [-0.15, -0.1) is 12.4 Å². The number of rotatable bonds is 10. The van der Waals surface area contributed by atoms with Gasteiger partial charge in [0.1, 0.15) is 5.82 Å². The third kappa shape index (κ3) is 8.01. The van der Waals surface area contributed by atoms with Gasteiger partial charge in [-0.05, 0) is 30.2 Å². The van der Waals surface area contributed by atoms with Crippen LogP contribution >= 0.6 is 12.4 Å². The summed E-state index contributed by atoms with van der Waals surface area (Å²) < 4.78 is 38.6. The molecule has 2 atom stereocenters. The van der Waals surface area contributed by atoms with Crippen LogP contribution in [0.2, 0.25) is 0 Å². The molecule has 0 amide bonds. The van der Waals surface area contributed by atoms with Crippen molar-refractivity contribution in [2.75, 3.05) is 17.6 Å². The Hall–Kier alpha value is -2.60. The zero-order chi connectivity index (χ0) is 24.9. The number of aromatic nitrogens is 2. The number of carboxylic acids is 1. The lowest BCUT2D eigenvalue weighted by molar-refractivity contribution is -0.139. The maximum Gasteiger partial charge on any atom is 0.305 e. The molecule has 0 aliphatic heterocycles. The van der Waals surface area contributed by atoms with Gasteiger partial charge in [0, 0.05) is 24.6 Å². The molecule has 0 radical (unpaired) electrons. The van der Waals surface area contributed by atoms with Crippen LogP contribution in [-0.2, 0) is 14.8 Å². The zero-order valence-corrected chi connectivity index (χ0v) is 20.8. The molecule has 0 unspecified atom stereocenters. The van der Waals surface area contributed by atoms with Gasteiger partial charge in [-0.3, -0.25) is 4.79 Å². The molecular formula is C22H29ClFN3O6S. The van der Waals surface area contributed by atoms with E-state index in [1.807, 2.05) is 13.8 Å². The Balaban J connectivity index is 0.00000578. The summed E-state index contributed by atoms with van der Waals surface area (Å²) in [4.78, 5) is 19.6. The molecule has 9 nitrogen and oxygen atoms in total. The van der Waals surface area contributed by atoms with Gasteiger partial charge in [0.15, 0.2) is 0 Å². The van der Waals surface area contributed by atoms with Crippen molar-refractivity contribution < 1.29 is 32.9 Å². The summed E-state index contributed by atoms with van der Waals surface area (Å²) in [6.45, 7) is 3.71. The first-order valence-electron chi connectivity index (χ1n) is 10.2. The lowest BCUT2D eigenvalue weighted by Gasteiger charge is -2.20. The second-order valence-corrected chi connectivity index (χ2v) is 9.99. The first kappa shape index (κ1) is 29.4. The Labute approximate surface area is 204 Å². The normalized spacial score (nSPS) is 13.5. The number of aliphatic carboxylic acids is 1. The van der Waals surface area contributed by atoms with Gasteiger partial charge in [-0.1, -0.05) is 26.0 Å². The van der Waals surface area contributed by atoms with Crippen LogP contribution in [0, 0.1) is 5.82 Å². The number of hydrogen-bond donors (Lipinski definition) is 3. The third-order valence-corrected chi connectivity index (χ3v) is 5.97. The first-order valence-corrected chi connectivity index (χ1v) is 12.0. The van der Waals surface area contributed by atoms with Crippen molar-refractivity contribution in [2.45, 2.75) is 44.8 Å². The minimum Gasteiger partial charge on any atom is -0.481 e. The van der Waals surface area contributed by atoms with Crippen LogP contribution in [0.15, 0.2) is 30.3 Å².